The average Bonchev–Trinajstić information content (AvgIpc) is 2.88. The van der Waals surface area contributed by atoms with Crippen molar-refractivity contribution in [3.8, 4) is 0 Å². The Bertz CT molecular complexity index is 682. The molecule has 0 aliphatic carbocycles. The molecule has 0 unspecified atom stereocenters. The van der Waals surface area contributed by atoms with Crippen LogP contribution in [0.25, 0.3) is 0 Å². The molecule has 2 aromatic rings. The van der Waals surface area contributed by atoms with Crippen LogP contribution in [0.15, 0.2) is 32.4 Å². The van der Waals surface area contributed by atoms with Crippen LogP contribution in [0.2, 0.25) is 0 Å². The quantitative estimate of drug-likeness (QED) is 0.725. The van der Waals surface area contributed by atoms with Gasteiger partial charge in [-0.2, -0.15) is 0 Å². The van der Waals surface area contributed by atoms with Crippen LogP contribution in [0.5, 0.6) is 0 Å². The van der Waals surface area contributed by atoms with E-state index in [0.29, 0.717) is 4.47 Å². The van der Waals surface area contributed by atoms with Gasteiger partial charge in [0.15, 0.2) is 4.34 Å². The zero-order valence-electron chi connectivity index (χ0n) is 12.4. The number of nitrogens with zero attached hydrogens (tertiary/aromatic N) is 1. The van der Waals surface area contributed by atoms with Crippen molar-refractivity contribution >= 4 is 50.6 Å². The third kappa shape index (κ3) is 4.79. The Balaban J connectivity index is 1.91. The summed E-state index contributed by atoms with van der Waals surface area (Å²) >= 11 is 6.06. The molecular weight excluding hydrogens is 387 g/mol. The van der Waals surface area contributed by atoms with Crippen LogP contribution in [0.3, 0.4) is 0 Å². The maximum absolute atomic E-state index is 13.6. The molecule has 3 nitrogen and oxygen atoms in total. The smallest absolute Gasteiger partial charge is 0.234 e. The van der Waals surface area contributed by atoms with Crippen molar-refractivity contribution in [2.75, 3.05) is 11.1 Å². The van der Waals surface area contributed by atoms with Gasteiger partial charge in [-0.05, 0) is 18.2 Å². The van der Waals surface area contributed by atoms with Gasteiger partial charge >= 0.3 is 0 Å². The van der Waals surface area contributed by atoms with Crippen molar-refractivity contribution in [2.24, 2.45) is 0 Å². The molecule has 0 saturated heterocycles. The van der Waals surface area contributed by atoms with Crippen molar-refractivity contribution in [2.45, 2.75) is 30.5 Å². The first-order valence-corrected chi connectivity index (χ1v) is 9.25. The number of amides is 1. The van der Waals surface area contributed by atoms with Gasteiger partial charge in [0.1, 0.15) is 5.82 Å². The van der Waals surface area contributed by atoms with Crippen molar-refractivity contribution in [1.82, 2.24) is 4.98 Å². The van der Waals surface area contributed by atoms with Gasteiger partial charge in [-0.3, -0.25) is 4.79 Å². The molecule has 0 saturated carbocycles. The Hall–Kier alpha value is -0.920. The number of benzene rings is 1. The normalized spacial score (nSPS) is 11.5. The summed E-state index contributed by atoms with van der Waals surface area (Å²) in [6.45, 7) is 6.29. The Morgan fingerprint density at radius 2 is 2.18 bits per heavy atom. The lowest BCUT2D eigenvalue weighted by Gasteiger charge is -2.14. The van der Waals surface area contributed by atoms with Crippen LogP contribution in [0, 0.1) is 5.82 Å². The molecule has 2 rings (SSSR count). The van der Waals surface area contributed by atoms with Crippen molar-refractivity contribution in [3.63, 3.8) is 0 Å². The van der Waals surface area contributed by atoms with E-state index in [9.17, 15) is 9.18 Å². The molecule has 0 fully saturated rings. The number of aromatic nitrogens is 1. The van der Waals surface area contributed by atoms with E-state index in [1.165, 1.54) is 35.2 Å². The molecule has 0 aliphatic heterocycles. The second kappa shape index (κ2) is 7.10. The molecule has 1 heterocycles. The minimum absolute atomic E-state index is 0.00186. The number of anilines is 1. The van der Waals surface area contributed by atoms with Crippen LogP contribution in [-0.4, -0.2) is 16.6 Å². The van der Waals surface area contributed by atoms with Gasteiger partial charge in [-0.15, -0.1) is 11.3 Å². The second-order valence-electron chi connectivity index (χ2n) is 5.71. The van der Waals surface area contributed by atoms with Crippen LogP contribution in [-0.2, 0) is 10.2 Å². The predicted octanol–water partition coefficient (Wildman–Crippen LogP) is 5.07. The number of thioether (sulfide) groups is 1. The van der Waals surface area contributed by atoms with Crippen LogP contribution < -0.4 is 5.32 Å². The van der Waals surface area contributed by atoms with E-state index in [0.717, 1.165) is 10.0 Å². The Labute approximate surface area is 145 Å². The minimum atomic E-state index is -0.461. The first kappa shape index (κ1) is 17.4. The highest BCUT2D eigenvalue weighted by Gasteiger charge is 2.18. The molecule has 118 valence electrons. The molecule has 1 aromatic heterocycles. The topological polar surface area (TPSA) is 42.0 Å². The molecule has 1 aromatic carbocycles. The highest BCUT2D eigenvalue weighted by Crippen LogP contribution is 2.29. The Kier molecular flexibility index (Phi) is 5.63. The lowest BCUT2D eigenvalue weighted by atomic mass is 9.93. The molecule has 0 spiro atoms. The number of hydrogen-bond donors (Lipinski definition) is 1. The van der Waals surface area contributed by atoms with E-state index >= 15 is 0 Å². The summed E-state index contributed by atoms with van der Waals surface area (Å²) in [5.74, 6) is -0.511. The van der Waals surface area contributed by atoms with E-state index in [1.54, 1.807) is 6.07 Å². The molecule has 0 radical (unpaired) electrons. The SMILES string of the molecule is CC(C)(C)c1csc(SCC(=O)Nc2ccc(Br)cc2F)n1. The maximum atomic E-state index is 13.6. The van der Waals surface area contributed by atoms with Crippen LogP contribution >= 0.6 is 39.0 Å². The molecule has 0 bridgehead atoms. The van der Waals surface area contributed by atoms with E-state index in [2.05, 4.69) is 47.0 Å². The summed E-state index contributed by atoms with van der Waals surface area (Å²) in [5, 5.41) is 4.57. The molecule has 1 amide bonds. The lowest BCUT2D eigenvalue weighted by molar-refractivity contribution is -0.113. The van der Waals surface area contributed by atoms with Gasteiger partial charge in [0.2, 0.25) is 5.91 Å². The number of rotatable bonds is 4. The standard InChI is InChI=1S/C15H16BrFN2OS2/c1-15(2,3)12-7-21-14(19-12)22-8-13(20)18-11-5-4-9(16)6-10(11)17/h4-7H,8H2,1-3H3,(H,18,20). The van der Waals surface area contributed by atoms with E-state index in [-0.39, 0.29) is 22.8 Å². The van der Waals surface area contributed by atoms with Crippen LogP contribution in [0.4, 0.5) is 10.1 Å². The van der Waals surface area contributed by atoms with Gasteiger partial charge in [-0.1, -0.05) is 48.5 Å². The Morgan fingerprint density at radius 3 is 2.77 bits per heavy atom. The highest BCUT2D eigenvalue weighted by molar-refractivity contribution is 9.10. The van der Waals surface area contributed by atoms with Crippen LogP contribution in [0.1, 0.15) is 26.5 Å². The molecular formula is C15H16BrFN2OS2. The zero-order valence-corrected chi connectivity index (χ0v) is 15.7. The second-order valence-corrected chi connectivity index (χ2v) is 8.71. The number of halogens is 2. The van der Waals surface area contributed by atoms with E-state index < -0.39 is 5.82 Å². The first-order valence-electron chi connectivity index (χ1n) is 6.59. The molecule has 7 heteroatoms. The van der Waals surface area contributed by atoms with Gasteiger partial charge in [-0.25, -0.2) is 9.37 Å². The summed E-state index contributed by atoms with van der Waals surface area (Å²) in [5.41, 5.74) is 1.20. The number of carbonyl (C=O) groups excluding carboxylic acids is 1. The third-order valence-corrected chi connectivity index (χ3v) is 5.30. The summed E-state index contributed by atoms with van der Waals surface area (Å²) < 4.78 is 15.1. The Morgan fingerprint density at radius 1 is 1.45 bits per heavy atom. The number of thiazole rings is 1. The van der Waals surface area contributed by atoms with Gasteiger partial charge in [0.05, 0.1) is 17.1 Å². The monoisotopic (exact) mass is 402 g/mol. The number of nitrogens with one attached hydrogen (secondary N) is 1. The maximum Gasteiger partial charge on any atom is 0.234 e. The van der Waals surface area contributed by atoms with Gasteiger partial charge < -0.3 is 5.32 Å². The number of hydrogen-bond acceptors (Lipinski definition) is 4. The molecule has 0 aliphatic rings. The third-order valence-electron chi connectivity index (χ3n) is 2.78. The highest BCUT2D eigenvalue weighted by atomic mass is 79.9. The van der Waals surface area contributed by atoms with Gasteiger partial charge in [0.25, 0.3) is 0 Å². The van der Waals surface area contributed by atoms with Gasteiger partial charge in [0, 0.05) is 15.3 Å². The summed E-state index contributed by atoms with van der Waals surface area (Å²) in [6.07, 6.45) is 0. The average molecular weight is 403 g/mol. The fraction of sp³-hybridized carbons (Fsp3) is 0.333. The molecule has 22 heavy (non-hydrogen) atoms. The number of carbonyl (C=O) groups is 1. The van der Waals surface area contributed by atoms with E-state index in [1.807, 2.05) is 5.38 Å². The molecule has 0 atom stereocenters. The fourth-order valence-corrected chi connectivity index (χ4v) is 3.76. The van der Waals surface area contributed by atoms with E-state index in [4.69, 9.17) is 0 Å². The van der Waals surface area contributed by atoms with Crippen molar-refractivity contribution in [3.05, 3.63) is 39.6 Å². The minimum Gasteiger partial charge on any atom is -0.323 e. The van der Waals surface area contributed by atoms with Crippen molar-refractivity contribution < 1.29 is 9.18 Å². The summed E-state index contributed by atoms with van der Waals surface area (Å²) in [4.78, 5) is 16.4. The summed E-state index contributed by atoms with van der Waals surface area (Å²) in [7, 11) is 0. The summed E-state index contributed by atoms with van der Waals surface area (Å²) in [6, 6.07) is 4.53. The molecule has 1 N–H and O–H groups in total. The zero-order chi connectivity index (χ0) is 16.3. The fourth-order valence-electron chi connectivity index (χ4n) is 1.57. The predicted molar refractivity (Wildman–Crippen MR) is 94.3 cm³/mol. The lowest BCUT2D eigenvalue weighted by Crippen LogP contribution is -2.15. The first-order chi connectivity index (χ1) is 10.3. The van der Waals surface area contributed by atoms with Crippen molar-refractivity contribution in [1.29, 1.82) is 0 Å². The largest absolute Gasteiger partial charge is 0.323 e.